The molecule has 3 aromatic rings. The Labute approximate surface area is 127 Å². The Morgan fingerprint density at radius 3 is 2.62 bits per heavy atom. The van der Waals surface area contributed by atoms with E-state index in [0.717, 1.165) is 11.0 Å². The highest BCUT2D eigenvalue weighted by Crippen LogP contribution is 2.38. The number of hydrogen-bond acceptors (Lipinski definition) is 3. The molecular weight excluding hydrogens is 288 g/mol. The molecule has 1 aromatic heterocycles. The zero-order chi connectivity index (χ0) is 15.1. The fraction of sp³-hybridized carbons (Fsp3) is 0.188. The van der Waals surface area contributed by atoms with Gasteiger partial charge in [0, 0.05) is 11.1 Å². The van der Waals surface area contributed by atoms with E-state index in [1.54, 1.807) is 18.2 Å². The van der Waals surface area contributed by atoms with Crippen LogP contribution in [0.15, 0.2) is 36.4 Å². The largest absolute Gasteiger partial charge is 0.504 e. The van der Waals surface area contributed by atoms with Crippen LogP contribution in [0.5, 0.6) is 11.5 Å². The molecule has 108 valence electrons. The van der Waals surface area contributed by atoms with Gasteiger partial charge < -0.3 is 14.8 Å². The maximum absolute atomic E-state index is 10.1. The maximum atomic E-state index is 10.1. The van der Waals surface area contributed by atoms with Crippen LogP contribution in [0.2, 0.25) is 5.02 Å². The van der Waals surface area contributed by atoms with Crippen LogP contribution in [-0.2, 0) is 0 Å². The number of phenolic OH excluding ortho intramolecular Hbond substituents is 2. The van der Waals surface area contributed by atoms with Gasteiger partial charge in [0.05, 0.1) is 16.6 Å². The number of nitrogens with zero attached hydrogens (tertiary/aromatic N) is 2. The number of fused-ring (bicyclic) bond motifs is 1. The highest BCUT2D eigenvalue weighted by molar-refractivity contribution is 6.31. The van der Waals surface area contributed by atoms with E-state index in [1.807, 2.05) is 30.5 Å². The average Bonchev–Trinajstić information content (AvgIpc) is 2.80. The predicted octanol–water partition coefficient (Wildman–Crippen LogP) is 4.35. The Morgan fingerprint density at radius 2 is 1.90 bits per heavy atom. The Morgan fingerprint density at radius 1 is 1.14 bits per heavy atom. The molecule has 0 amide bonds. The first kappa shape index (κ1) is 13.8. The molecule has 5 heteroatoms. The van der Waals surface area contributed by atoms with Crippen molar-refractivity contribution in [1.82, 2.24) is 9.55 Å². The number of phenols is 2. The van der Waals surface area contributed by atoms with Crippen molar-refractivity contribution in [3.8, 4) is 22.9 Å². The first-order valence-electron chi connectivity index (χ1n) is 6.68. The molecule has 0 bridgehead atoms. The van der Waals surface area contributed by atoms with Gasteiger partial charge in [-0.3, -0.25) is 0 Å². The van der Waals surface area contributed by atoms with Gasteiger partial charge in [0.25, 0.3) is 0 Å². The van der Waals surface area contributed by atoms with Crippen LogP contribution in [0.25, 0.3) is 22.4 Å². The molecule has 1 heterocycles. The quantitative estimate of drug-likeness (QED) is 0.692. The van der Waals surface area contributed by atoms with Gasteiger partial charge in [0.1, 0.15) is 5.82 Å². The van der Waals surface area contributed by atoms with Crippen molar-refractivity contribution in [2.24, 2.45) is 0 Å². The molecule has 3 rings (SSSR count). The number of imidazole rings is 1. The SMILES string of the molecule is CC(C)n1c(-c2cccc(O)c2O)nc2ccc(Cl)cc21. The monoisotopic (exact) mass is 302 g/mol. The second-order valence-corrected chi connectivity index (χ2v) is 5.64. The van der Waals surface area contributed by atoms with Crippen LogP contribution in [0.1, 0.15) is 19.9 Å². The third-order valence-corrected chi connectivity index (χ3v) is 3.66. The van der Waals surface area contributed by atoms with Crippen molar-refractivity contribution < 1.29 is 10.2 Å². The van der Waals surface area contributed by atoms with Crippen LogP contribution in [0.3, 0.4) is 0 Å². The normalized spacial score (nSPS) is 11.4. The van der Waals surface area contributed by atoms with Gasteiger partial charge in [-0.05, 0) is 44.2 Å². The number of halogens is 1. The summed E-state index contributed by atoms with van der Waals surface area (Å²) in [6.07, 6.45) is 0. The third kappa shape index (κ3) is 2.21. The summed E-state index contributed by atoms with van der Waals surface area (Å²) in [6, 6.07) is 10.5. The van der Waals surface area contributed by atoms with Crippen molar-refractivity contribution in [3.63, 3.8) is 0 Å². The lowest BCUT2D eigenvalue weighted by atomic mass is 10.1. The average molecular weight is 303 g/mol. The molecule has 0 aliphatic carbocycles. The van der Waals surface area contributed by atoms with E-state index < -0.39 is 0 Å². The van der Waals surface area contributed by atoms with Crippen LogP contribution >= 0.6 is 11.6 Å². The van der Waals surface area contributed by atoms with E-state index in [2.05, 4.69) is 4.98 Å². The molecule has 0 radical (unpaired) electrons. The Hall–Kier alpha value is -2.20. The fourth-order valence-corrected chi connectivity index (χ4v) is 2.66. The Kier molecular flexibility index (Phi) is 3.26. The molecule has 0 atom stereocenters. The Bertz CT molecular complexity index is 825. The number of para-hydroxylation sites is 1. The van der Waals surface area contributed by atoms with Crippen molar-refractivity contribution in [3.05, 3.63) is 41.4 Å². The highest BCUT2D eigenvalue weighted by Gasteiger charge is 2.19. The van der Waals surface area contributed by atoms with Crippen LogP contribution in [-0.4, -0.2) is 19.8 Å². The molecular formula is C16H15ClN2O2. The number of aromatic hydroxyl groups is 2. The predicted molar refractivity (Wildman–Crippen MR) is 83.9 cm³/mol. The summed E-state index contributed by atoms with van der Waals surface area (Å²) in [5.74, 6) is 0.282. The summed E-state index contributed by atoms with van der Waals surface area (Å²) in [6.45, 7) is 4.07. The van der Waals surface area contributed by atoms with E-state index in [9.17, 15) is 10.2 Å². The zero-order valence-corrected chi connectivity index (χ0v) is 12.5. The molecule has 4 nitrogen and oxygen atoms in total. The van der Waals surface area contributed by atoms with Crippen LogP contribution in [0, 0.1) is 0 Å². The lowest BCUT2D eigenvalue weighted by Crippen LogP contribution is -2.03. The molecule has 2 N–H and O–H groups in total. The molecule has 0 fully saturated rings. The van der Waals surface area contributed by atoms with Gasteiger partial charge in [-0.25, -0.2) is 4.98 Å². The second-order valence-electron chi connectivity index (χ2n) is 5.21. The van der Waals surface area contributed by atoms with Crippen molar-refractivity contribution in [2.75, 3.05) is 0 Å². The van der Waals surface area contributed by atoms with Crippen molar-refractivity contribution in [1.29, 1.82) is 0 Å². The van der Waals surface area contributed by atoms with Gasteiger partial charge in [-0.2, -0.15) is 0 Å². The van der Waals surface area contributed by atoms with E-state index in [0.29, 0.717) is 16.4 Å². The molecule has 0 aliphatic heterocycles. The second kappa shape index (κ2) is 4.97. The fourth-order valence-electron chi connectivity index (χ4n) is 2.49. The molecule has 0 saturated heterocycles. The number of rotatable bonds is 2. The van der Waals surface area contributed by atoms with E-state index >= 15 is 0 Å². The summed E-state index contributed by atoms with van der Waals surface area (Å²) in [4.78, 5) is 4.58. The smallest absolute Gasteiger partial charge is 0.168 e. The van der Waals surface area contributed by atoms with Gasteiger partial charge in [-0.1, -0.05) is 17.7 Å². The maximum Gasteiger partial charge on any atom is 0.168 e. The highest BCUT2D eigenvalue weighted by atomic mass is 35.5. The van der Waals surface area contributed by atoms with Crippen molar-refractivity contribution >= 4 is 22.6 Å². The van der Waals surface area contributed by atoms with Gasteiger partial charge in [0.15, 0.2) is 11.5 Å². The van der Waals surface area contributed by atoms with Gasteiger partial charge >= 0.3 is 0 Å². The van der Waals surface area contributed by atoms with Crippen LogP contribution < -0.4 is 0 Å². The number of benzene rings is 2. The summed E-state index contributed by atoms with van der Waals surface area (Å²) in [5, 5.41) is 20.4. The molecule has 2 aromatic carbocycles. The minimum Gasteiger partial charge on any atom is -0.504 e. The van der Waals surface area contributed by atoms with E-state index in [-0.39, 0.29) is 17.5 Å². The zero-order valence-electron chi connectivity index (χ0n) is 11.7. The van der Waals surface area contributed by atoms with Gasteiger partial charge in [-0.15, -0.1) is 0 Å². The Balaban J connectivity index is 2.37. The summed E-state index contributed by atoms with van der Waals surface area (Å²) < 4.78 is 2.00. The number of hydrogen-bond donors (Lipinski definition) is 2. The van der Waals surface area contributed by atoms with E-state index in [1.165, 1.54) is 6.07 Å². The summed E-state index contributed by atoms with van der Waals surface area (Å²) in [7, 11) is 0. The lowest BCUT2D eigenvalue weighted by Gasteiger charge is -2.14. The standard InChI is InChI=1S/C16H15ClN2O2/c1-9(2)19-13-8-10(17)6-7-12(13)18-16(19)11-4-3-5-14(20)15(11)21/h3-9,20-21H,1-2H3. The lowest BCUT2D eigenvalue weighted by molar-refractivity contribution is 0.404. The van der Waals surface area contributed by atoms with Crippen LogP contribution in [0.4, 0.5) is 0 Å². The minimum atomic E-state index is -0.166. The number of aromatic nitrogens is 2. The molecule has 21 heavy (non-hydrogen) atoms. The first-order chi connectivity index (χ1) is 9.99. The van der Waals surface area contributed by atoms with Crippen molar-refractivity contribution in [2.45, 2.75) is 19.9 Å². The first-order valence-corrected chi connectivity index (χ1v) is 7.05. The topological polar surface area (TPSA) is 58.3 Å². The minimum absolute atomic E-state index is 0.130. The van der Waals surface area contributed by atoms with E-state index in [4.69, 9.17) is 11.6 Å². The molecule has 0 unspecified atom stereocenters. The molecule has 0 spiro atoms. The summed E-state index contributed by atoms with van der Waals surface area (Å²) in [5.41, 5.74) is 2.19. The molecule has 0 saturated carbocycles. The molecule has 0 aliphatic rings. The third-order valence-electron chi connectivity index (χ3n) is 3.42. The summed E-state index contributed by atoms with van der Waals surface area (Å²) >= 11 is 6.08. The van der Waals surface area contributed by atoms with Gasteiger partial charge in [0.2, 0.25) is 0 Å².